The zero-order valence-electron chi connectivity index (χ0n) is 8.78. The number of halogens is 2. The largest absolute Gasteiger partial charge is 0.165 e. The van der Waals surface area contributed by atoms with Crippen molar-refractivity contribution in [3.8, 4) is 0 Å². The van der Waals surface area contributed by atoms with Crippen LogP contribution in [0.2, 0.25) is 0 Å². The highest BCUT2D eigenvalue weighted by Gasteiger charge is 2.30. The summed E-state index contributed by atoms with van der Waals surface area (Å²) in [7, 11) is 0. The normalized spacial score (nSPS) is 12.5. The maximum Gasteiger partial charge on any atom is 0.00984 e. The van der Waals surface area contributed by atoms with Crippen molar-refractivity contribution in [1.82, 2.24) is 0 Å². The number of hydrogen-bond donors (Lipinski definition) is 0. The third kappa shape index (κ3) is 4.57. The van der Waals surface area contributed by atoms with Gasteiger partial charge in [-0.2, -0.15) is 11.8 Å². The molecule has 0 spiro atoms. The van der Waals surface area contributed by atoms with Gasteiger partial charge in [-0.25, -0.2) is 0 Å². The summed E-state index contributed by atoms with van der Waals surface area (Å²) >= 11 is 9.24. The molecule has 0 unspecified atom stereocenters. The van der Waals surface area contributed by atoms with Crippen LogP contribution in [0.4, 0.5) is 0 Å². The Kier molecular flexibility index (Phi) is 8.35. The molecule has 0 nitrogen and oxygen atoms in total. The fourth-order valence-electron chi connectivity index (χ4n) is 1.34. The van der Waals surface area contributed by atoms with Gasteiger partial charge in [-0.1, -0.05) is 45.7 Å². The molecule has 0 aliphatic heterocycles. The molecule has 0 rings (SSSR count). The van der Waals surface area contributed by atoms with Gasteiger partial charge in [-0.05, 0) is 36.2 Å². The van der Waals surface area contributed by atoms with Crippen LogP contribution in [-0.4, -0.2) is 22.7 Å². The molecule has 3 heteroatoms. The van der Waals surface area contributed by atoms with Crippen molar-refractivity contribution >= 4 is 43.6 Å². The van der Waals surface area contributed by atoms with Gasteiger partial charge < -0.3 is 0 Å². The lowest BCUT2D eigenvalue weighted by Gasteiger charge is -2.34. The van der Waals surface area contributed by atoms with Crippen molar-refractivity contribution in [3.05, 3.63) is 0 Å². The van der Waals surface area contributed by atoms with E-state index in [0.29, 0.717) is 5.41 Å². The van der Waals surface area contributed by atoms with Gasteiger partial charge in [0.05, 0.1) is 0 Å². The van der Waals surface area contributed by atoms with Crippen molar-refractivity contribution < 1.29 is 0 Å². The zero-order valence-corrected chi connectivity index (χ0v) is 12.8. The van der Waals surface area contributed by atoms with E-state index >= 15 is 0 Å². The number of hydrogen-bond acceptors (Lipinski definition) is 1. The van der Waals surface area contributed by atoms with E-state index in [1.165, 1.54) is 18.6 Å². The average molecular weight is 332 g/mol. The molecule has 0 aliphatic carbocycles. The molecule has 0 aliphatic rings. The molecule has 0 aromatic rings. The third-order valence-electron chi connectivity index (χ3n) is 2.78. The average Bonchev–Trinajstić information content (AvgIpc) is 2.13. The Hall–Kier alpha value is 1.31. The van der Waals surface area contributed by atoms with Crippen LogP contribution < -0.4 is 0 Å². The van der Waals surface area contributed by atoms with Crippen LogP contribution in [0.25, 0.3) is 0 Å². The van der Waals surface area contributed by atoms with Crippen LogP contribution in [-0.2, 0) is 0 Å². The summed E-state index contributed by atoms with van der Waals surface area (Å²) in [5.74, 6) is 2.03. The lowest BCUT2D eigenvalue weighted by Crippen LogP contribution is -2.31. The second kappa shape index (κ2) is 7.58. The molecule has 0 atom stereocenters. The Labute approximate surface area is 104 Å². The van der Waals surface area contributed by atoms with Gasteiger partial charge in [0.2, 0.25) is 0 Å². The number of thioether (sulfide) groups is 1. The first kappa shape index (κ1) is 14.3. The second-order valence-corrected chi connectivity index (χ2v) is 5.99. The summed E-state index contributed by atoms with van der Waals surface area (Å²) < 4.78 is 0. The predicted molar refractivity (Wildman–Crippen MR) is 72.5 cm³/mol. The van der Waals surface area contributed by atoms with E-state index < -0.39 is 0 Å². The number of rotatable bonds is 7. The Morgan fingerprint density at radius 3 is 2.08 bits per heavy atom. The minimum Gasteiger partial charge on any atom is -0.165 e. The summed E-state index contributed by atoms with van der Waals surface area (Å²) in [6, 6.07) is 0. The van der Waals surface area contributed by atoms with Gasteiger partial charge in [0, 0.05) is 10.7 Å². The summed E-state index contributed by atoms with van der Waals surface area (Å²) in [4.78, 5) is 0. The molecule has 0 aromatic heterocycles. The maximum absolute atomic E-state index is 3.65. The molecule has 0 heterocycles. The van der Waals surface area contributed by atoms with E-state index in [-0.39, 0.29) is 0 Å². The van der Waals surface area contributed by atoms with Crippen molar-refractivity contribution in [1.29, 1.82) is 0 Å². The fraction of sp³-hybridized carbons (Fsp3) is 1.00. The van der Waals surface area contributed by atoms with Gasteiger partial charge in [-0.15, -0.1) is 0 Å². The van der Waals surface area contributed by atoms with Gasteiger partial charge in [-0.3, -0.25) is 0 Å². The fourth-order valence-corrected chi connectivity index (χ4v) is 4.55. The van der Waals surface area contributed by atoms with Crippen molar-refractivity contribution in [3.63, 3.8) is 0 Å². The van der Waals surface area contributed by atoms with Gasteiger partial charge >= 0.3 is 0 Å². The molecule has 0 fully saturated rings. The Bertz CT molecular complexity index is 122. The van der Waals surface area contributed by atoms with E-state index in [1.54, 1.807) is 0 Å². The van der Waals surface area contributed by atoms with Gasteiger partial charge in [0.15, 0.2) is 0 Å². The zero-order chi connectivity index (χ0) is 10.3. The standard InChI is InChI=1S/C10H20Br2S/c1-9(2)10(7-11,8-12)5-4-6-13-3/h9H,4-8H2,1-3H3. The van der Waals surface area contributed by atoms with Gasteiger partial charge in [0.1, 0.15) is 0 Å². The van der Waals surface area contributed by atoms with E-state index in [1.807, 2.05) is 11.8 Å². The maximum atomic E-state index is 3.65. The third-order valence-corrected chi connectivity index (χ3v) is 5.71. The van der Waals surface area contributed by atoms with E-state index in [2.05, 4.69) is 52.0 Å². The SMILES string of the molecule is CSCCCC(CBr)(CBr)C(C)C. The van der Waals surface area contributed by atoms with Crippen LogP contribution in [0.1, 0.15) is 26.7 Å². The van der Waals surface area contributed by atoms with E-state index in [4.69, 9.17) is 0 Å². The number of alkyl halides is 2. The van der Waals surface area contributed by atoms with E-state index in [0.717, 1.165) is 16.6 Å². The molecule has 0 radical (unpaired) electrons. The quantitative estimate of drug-likeness (QED) is 0.486. The molecule has 0 saturated carbocycles. The second-order valence-electron chi connectivity index (χ2n) is 3.88. The highest BCUT2D eigenvalue weighted by atomic mass is 79.9. The molecule has 0 N–H and O–H groups in total. The lowest BCUT2D eigenvalue weighted by atomic mass is 9.77. The van der Waals surface area contributed by atoms with Crippen LogP contribution in [0.15, 0.2) is 0 Å². The summed E-state index contributed by atoms with van der Waals surface area (Å²) in [5.41, 5.74) is 0.454. The van der Waals surface area contributed by atoms with Gasteiger partial charge in [0.25, 0.3) is 0 Å². The molecule has 0 amide bonds. The molecule has 80 valence electrons. The molecule has 0 bridgehead atoms. The molecule has 0 saturated heterocycles. The van der Waals surface area contributed by atoms with Crippen LogP contribution in [0.3, 0.4) is 0 Å². The first-order valence-electron chi connectivity index (χ1n) is 4.74. The first-order valence-corrected chi connectivity index (χ1v) is 8.37. The first-order chi connectivity index (χ1) is 6.13. The lowest BCUT2D eigenvalue weighted by molar-refractivity contribution is 0.246. The van der Waals surface area contributed by atoms with Crippen LogP contribution >= 0.6 is 43.6 Å². The van der Waals surface area contributed by atoms with Crippen molar-refractivity contribution in [2.75, 3.05) is 22.7 Å². The predicted octanol–water partition coefficient (Wildman–Crippen LogP) is 4.56. The summed E-state index contributed by atoms with van der Waals surface area (Å²) in [6.45, 7) is 4.64. The summed E-state index contributed by atoms with van der Waals surface area (Å²) in [6.07, 6.45) is 4.83. The molecular formula is C10H20Br2S. The highest BCUT2D eigenvalue weighted by Crippen LogP contribution is 2.37. The van der Waals surface area contributed by atoms with Crippen molar-refractivity contribution in [2.24, 2.45) is 11.3 Å². The molecule has 13 heavy (non-hydrogen) atoms. The molecular weight excluding hydrogens is 312 g/mol. The van der Waals surface area contributed by atoms with Crippen molar-refractivity contribution in [2.45, 2.75) is 26.7 Å². The Morgan fingerprint density at radius 1 is 1.23 bits per heavy atom. The Balaban J connectivity index is 4.06. The monoisotopic (exact) mass is 330 g/mol. The van der Waals surface area contributed by atoms with Crippen LogP contribution in [0.5, 0.6) is 0 Å². The summed E-state index contributed by atoms with van der Waals surface area (Å²) in [5, 5.41) is 2.22. The minimum absolute atomic E-state index is 0.454. The van der Waals surface area contributed by atoms with E-state index in [9.17, 15) is 0 Å². The molecule has 0 aromatic carbocycles. The minimum atomic E-state index is 0.454. The van der Waals surface area contributed by atoms with Crippen LogP contribution in [0, 0.1) is 11.3 Å². The topological polar surface area (TPSA) is 0 Å². The smallest absolute Gasteiger partial charge is 0.00984 e. The Morgan fingerprint density at radius 2 is 1.77 bits per heavy atom. The highest BCUT2D eigenvalue weighted by molar-refractivity contribution is 9.09.